The summed E-state index contributed by atoms with van der Waals surface area (Å²) < 4.78 is 7.50. The van der Waals surface area contributed by atoms with Crippen molar-refractivity contribution in [2.75, 3.05) is 6.61 Å². The fourth-order valence-electron chi connectivity index (χ4n) is 4.37. The zero-order valence-electron chi connectivity index (χ0n) is 20.0. The fourth-order valence-corrected chi connectivity index (χ4v) is 4.37. The number of benzene rings is 1. The maximum atomic E-state index is 13.3. The van der Waals surface area contributed by atoms with Crippen molar-refractivity contribution in [3.8, 4) is 0 Å². The third-order valence-corrected chi connectivity index (χ3v) is 6.30. The van der Waals surface area contributed by atoms with Crippen LogP contribution in [0.1, 0.15) is 76.4 Å². The Labute approximate surface area is 205 Å². The molecule has 0 spiro atoms. The van der Waals surface area contributed by atoms with Crippen molar-refractivity contribution < 1.29 is 14.3 Å². The van der Waals surface area contributed by atoms with Crippen LogP contribution in [0.3, 0.4) is 0 Å². The molecule has 8 nitrogen and oxygen atoms in total. The van der Waals surface area contributed by atoms with E-state index in [-0.39, 0.29) is 30.5 Å². The van der Waals surface area contributed by atoms with Gasteiger partial charge in [-0.3, -0.25) is 9.59 Å². The normalized spacial score (nSPS) is 14.3. The van der Waals surface area contributed by atoms with E-state index in [0.717, 1.165) is 17.5 Å². The van der Waals surface area contributed by atoms with Crippen LogP contribution in [0, 0.1) is 6.57 Å². The van der Waals surface area contributed by atoms with Crippen LogP contribution in [0.15, 0.2) is 54.7 Å². The molecule has 8 heteroatoms. The number of amides is 2. The highest BCUT2D eigenvalue weighted by atomic mass is 16.5. The third-order valence-electron chi connectivity index (χ3n) is 6.30. The zero-order chi connectivity index (χ0) is 24.8. The average Bonchev–Trinajstić information content (AvgIpc) is 3.31. The van der Waals surface area contributed by atoms with Crippen molar-refractivity contribution in [1.82, 2.24) is 20.2 Å². The van der Waals surface area contributed by atoms with E-state index in [9.17, 15) is 9.59 Å². The number of pyridine rings is 1. The van der Waals surface area contributed by atoms with Gasteiger partial charge in [-0.1, -0.05) is 56.8 Å². The summed E-state index contributed by atoms with van der Waals surface area (Å²) in [4.78, 5) is 34.1. The molecule has 0 saturated carbocycles. The van der Waals surface area contributed by atoms with E-state index in [1.807, 2.05) is 54.8 Å². The van der Waals surface area contributed by atoms with Gasteiger partial charge in [-0.25, -0.2) is 0 Å². The minimum atomic E-state index is -0.263. The van der Waals surface area contributed by atoms with Gasteiger partial charge in [0.25, 0.3) is 17.6 Å². The van der Waals surface area contributed by atoms with E-state index >= 15 is 0 Å². The largest absolute Gasteiger partial charge is 0.373 e. The molecule has 1 aliphatic heterocycles. The molecule has 0 aliphatic carbocycles. The van der Waals surface area contributed by atoms with Crippen LogP contribution in [0.2, 0.25) is 0 Å². The van der Waals surface area contributed by atoms with Crippen LogP contribution in [0.5, 0.6) is 0 Å². The Hall–Kier alpha value is -3.96. The number of aromatic nitrogens is 2. The summed E-state index contributed by atoms with van der Waals surface area (Å²) in [6.45, 7) is 12.3. The average molecular weight is 472 g/mol. The molecule has 1 aliphatic rings. The molecule has 0 fully saturated rings. The molecule has 0 radical (unpaired) electrons. The third kappa shape index (κ3) is 5.26. The summed E-state index contributed by atoms with van der Waals surface area (Å²) in [6, 6.07) is 14.6. The molecule has 4 rings (SSSR count). The molecule has 2 N–H and O–H groups in total. The highest BCUT2D eigenvalue weighted by Gasteiger charge is 2.28. The smallest absolute Gasteiger partial charge is 0.269 e. The van der Waals surface area contributed by atoms with Crippen LogP contribution in [-0.4, -0.2) is 28.0 Å². The Balaban J connectivity index is 1.58. The van der Waals surface area contributed by atoms with E-state index < -0.39 is 0 Å². The van der Waals surface area contributed by atoms with E-state index in [1.54, 1.807) is 18.3 Å². The number of carbonyl (C=O) groups is 2. The van der Waals surface area contributed by atoms with Gasteiger partial charge in [0.15, 0.2) is 0 Å². The number of hydrogen-bond acceptors (Lipinski definition) is 4. The Morgan fingerprint density at radius 3 is 2.43 bits per heavy atom. The first kappa shape index (κ1) is 24.2. The minimum Gasteiger partial charge on any atom is -0.373 e. The van der Waals surface area contributed by atoms with Crippen molar-refractivity contribution >= 4 is 17.6 Å². The number of rotatable bonds is 8. The molecule has 2 atom stereocenters. The van der Waals surface area contributed by atoms with Crippen LogP contribution in [0.4, 0.5) is 5.82 Å². The zero-order valence-corrected chi connectivity index (χ0v) is 20.0. The Kier molecular flexibility index (Phi) is 7.58. The van der Waals surface area contributed by atoms with Gasteiger partial charge in [0.2, 0.25) is 0 Å². The molecular weight excluding hydrogens is 442 g/mol. The molecule has 3 aromatic rings. The molecule has 0 bridgehead atoms. The Bertz CT molecular complexity index is 1230. The Morgan fingerprint density at radius 1 is 1.06 bits per heavy atom. The molecule has 180 valence electrons. The fraction of sp³-hybridized carbons (Fsp3) is 0.333. The van der Waals surface area contributed by atoms with Gasteiger partial charge in [0.1, 0.15) is 11.9 Å². The van der Waals surface area contributed by atoms with Gasteiger partial charge in [-0.2, -0.15) is 0 Å². The molecule has 0 saturated heterocycles. The number of fused-ring (bicyclic) bond motifs is 1. The van der Waals surface area contributed by atoms with Gasteiger partial charge in [0, 0.05) is 12.1 Å². The summed E-state index contributed by atoms with van der Waals surface area (Å²) in [5.74, 6) is -0.171. The molecule has 3 heterocycles. The van der Waals surface area contributed by atoms with Gasteiger partial charge >= 0.3 is 0 Å². The summed E-state index contributed by atoms with van der Waals surface area (Å²) in [6.07, 6.45) is 3.02. The molecule has 2 amide bonds. The lowest BCUT2D eigenvalue weighted by Crippen LogP contribution is -2.31. The Morgan fingerprint density at radius 2 is 1.77 bits per heavy atom. The molecule has 2 aromatic heterocycles. The second-order valence-corrected chi connectivity index (χ2v) is 8.43. The number of ether oxygens (including phenoxy) is 1. The van der Waals surface area contributed by atoms with Crippen LogP contribution < -0.4 is 10.6 Å². The maximum absolute atomic E-state index is 13.3. The van der Waals surface area contributed by atoms with E-state index in [4.69, 9.17) is 11.3 Å². The number of nitrogens with zero attached hydrogens (tertiary/aromatic N) is 3. The maximum Gasteiger partial charge on any atom is 0.269 e. The molecule has 0 unspecified atom stereocenters. The van der Waals surface area contributed by atoms with Crippen molar-refractivity contribution in [1.29, 1.82) is 0 Å². The first-order chi connectivity index (χ1) is 17.0. The second kappa shape index (κ2) is 11.0. The predicted octanol–water partition coefficient (Wildman–Crippen LogP) is 4.73. The quantitative estimate of drug-likeness (QED) is 0.465. The van der Waals surface area contributed by atoms with Crippen molar-refractivity contribution in [2.24, 2.45) is 0 Å². The first-order valence-corrected chi connectivity index (χ1v) is 11.9. The topological polar surface area (TPSA) is 89.6 Å². The number of nitrogens with one attached hydrogen (secondary N) is 2. The first-order valence-electron chi connectivity index (χ1n) is 11.9. The molecule has 35 heavy (non-hydrogen) atoms. The van der Waals surface area contributed by atoms with Crippen LogP contribution >= 0.6 is 0 Å². The van der Waals surface area contributed by atoms with Crippen molar-refractivity contribution in [3.63, 3.8) is 0 Å². The predicted molar refractivity (Wildman–Crippen MR) is 132 cm³/mol. The van der Waals surface area contributed by atoms with Gasteiger partial charge < -0.3 is 24.8 Å². The summed E-state index contributed by atoms with van der Waals surface area (Å²) in [5, 5.41) is 6.19. The summed E-state index contributed by atoms with van der Waals surface area (Å²) in [5.41, 5.74) is 3.46. The monoisotopic (exact) mass is 471 g/mol. The highest BCUT2D eigenvalue weighted by molar-refractivity contribution is 6.01. The van der Waals surface area contributed by atoms with E-state index in [0.29, 0.717) is 42.3 Å². The molecule has 1 aromatic carbocycles. The standard InChI is InChI=1S/C27H29N5O3/c1-4-21(18-9-7-6-8-10-18)30-26(33)20-15-23(32-13-14-35-17-24(20)32)27(34)31-22(5-2)19-11-12-25(28-3)29-16-19/h6-12,15-16,21-22H,4-5,13-14,17H2,1-2H3,(H,30,33)(H,31,34)/t21-,22-/m1/s1. The van der Waals surface area contributed by atoms with Crippen molar-refractivity contribution in [3.05, 3.63) is 94.2 Å². The lowest BCUT2D eigenvalue weighted by atomic mass is 10.0. The lowest BCUT2D eigenvalue weighted by Gasteiger charge is -2.21. The van der Waals surface area contributed by atoms with Crippen molar-refractivity contribution in [2.45, 2.75) is 51.9 Å². The highest BCUT2D eigenvalue weighted by Crippen LogP contribution is 2.25. The van der Waals surface area contributed by atoms with E-state index in [1.165, 1.54) is 0 Å². The van der Waals surface area contributed by atoms with Gasteiger partial charge in [0.05, 0.1) is 36.6 Å². The number of carbonyl (C=O) groups excluding carboxylic acids is 2. The minimum absolute atomic E-state index is 0.128. The molecular formula is C27H29N5O3. The van der Waals surface area contributed by atoms with Crippen LogP contribution in [0.25, 0.3) is 4.85 Å². The van der Waals surface area contributed by atoms with Gasteiger partial charge in [-0.05, 0) is 30.5 Å². The SMILES string of the molecule is [C-]#[N+]c1ccc([C@@H](CC)NC(=O)c2cc(C(=O)N[C@H](CC)c3ccccc3)c3n2CCOC3)cn1. The lowest BCUT2D eigenvalue weighted by molar-refractivity contribution is 0.0773. The summed E-state index contributed by atoms with van der Waals surface area (Å²) in [7, 11) is 0. The van der Waals surface area contributed by atoms with Crippen LogP contribution in [-0.2, 0) is 17.9 Å². The van der Waals surface area contributed by atoms with Gasteiger partial charge in [-0.15, -0.1) is 4.98 Å². The van der Waals surface area contributed by atoms with E-state index in [2.05, 4.69) is 20.5 Å². The summed E-state index contributed by atoms with van der Waals surface area (Å²) >= 11 is 0. The number of hydrogen-bond donors (Lipinski definition) is 2. The second-order valence-electron chi connectivity index (χ2n) is 8.43.